The van der Waals surface area contributed by atoms with E-state index in [1.807, 2.05) is 0 Å². The van der Waals surface area contributed by atoms with Crippen molar-refractivity contribution in [3.8, 4) is 0 Å². The van der Waals surface area contributed by atoms with Gasteiger partial charge in [-0.15, -0.1) is 0 Å². The van der Waals surface area contributed by atoms with Gasteiger partial charge in [-0.2, -0.15) is 0 Å². The van der Waals surface area contributed by atoms with Gasteiger partial charge in [0.05, 0.1) is 22.2 Å². The number of amides is 1. The first kappa shape index (κ1) is 13.7. The normalized spacial score (nSPS) is 10.1. The Kier molecular flexibility index (Phi) is 4.72. The molecule has 0 aliphatic heterocycles. The lowest BCUT2D eigenvalue weighted by Gasteiger charge is -2.08. The maximum atomic E-state index is 12.8. The summed E-state index contributed by atoms with van der Waals surface area (Å²) in [6, 6.07) is 2.00. The molecule has 0 saturated carbocycles. The van der Waals surface area contributed by atoms with Gasteiger partial charge in [-0.25, -0.2) is 4.39 Å². The van der Waals surface area contributed by atoms with Gasteiger partial charge in [0.25, 0.3) is 0 Å². The number of aliphatic carboxylic acids is 1. The smallest absolute Gasteiger partial charge is 0.303 e. The van der Waals surface area contributed by atoms with Gasteiger partial charge >= 0.3 is 5.97 Å². The quantitative estimate of drug-likeness (QED) is 0.891. The van der Waals surface area contributed by atoms with E-state index in [1.54, 1.807) is 0 Å². The van der Waals surface area contributed by atoms with Crippen molar-refractivity contribution in [2.24, 2.45) is 0 Å². The average Bonchev–Trinajstić information content (AvgIpc) is 2.20. The molecule has 17 heavy (non-hydrogen) atoms. The zero-order valence-corrected chi connectivity index (χ0v) is 9.98. The van der Waals surface area contributed by atoms with Gasteiger partial charge < -0.3 is 10.4 Å². The van der Waals surface area contributed by atoms with Crippen molar-refractivity contribution in [2.45, 2.75) is 12.8 Å². The van der Waals surface area contributed by atoms with E-state index in [1.165, 1.54) is 0 Å². The topological polar surface area (TPSA) is 66.4 Å². The van der Waals surface area contributed by atoms with Crippen LogP contribution >= 0.6 is 23.2 Å². The third-order valence-corrected chi connectivity index (χ3v) is 2.43. The fourth-order valence-corrected chi connectivity index (χ4v) is 1.64. The SMILES string of the molecule is O=C(O)CCC(=O)Nc1c(Cl)cc(F)cc1Cl. The predicted molar refractivity (Wildman–Crippen MR) is 61.9 cm³/mol. The summed E-state index contributed by atoms with van der Waals surface area (Å²) in [5, 5.41) is 10.6. The summed E-state index contributed by atoms with van der Waals surface area (Å²) in [4.78, 5) is 21.6. The molecule has 4 nitrogen and oxygen atoms in total. The van der Waals surface area contributed by atoms with E-state index in [-0.39, 0.29) is 28.6 Å². The summed E-state index contributed by atoms with van der Waals surface area (Å²) in [5.74, 6) is -2.26. The Hall–Kier alpha value is -1.33. The molecule has 1 aromatic carbocycles. The summed E-state index contributed by atoms with van der Waals surface area (Å²) in [6.45, 7) is 0. The van der Waals surface area contributed by atoms with Crippen LogP contribution in [0.4, 0.5) is 10.1 Å². The number of anilines is 1. The molecule has 1 aromatic rings. The number of hydrogen-bond acceptors (Lipinski definition) is 2. The standard InChI is InChI=1S/C10H8Cl2FNO3/c11-6-3-5(13)4-7(12)10(6)14-8(15)1-2-9(16)17/h3-4H,1-2H2,(H,14,15)(H,16,17). The number of carbonyl (C=O) groups is 2. The highest BCUT2D eigenvalue weighted by Gasteiger charge is 2.12. The molecular formula is C10H8Cl2FNO3. The van der Waals surface area contributed by atoms with Crippen LogP contribution in [-0.2, 0) is 9.59 Å². The molecule has 1 rings (SSSR count). The minimum absolute atomic E-state index is 0.0429. The lowest BCUT2D eigenvalue weighted by Crippen LogP contribution is -2.13. The van der Waals surface area contributed by atoms with Crippen molar-refractivity contribution in [3.05, 3.63) is 28.0 Å². The van der Waals surface area contributed by atoms with E-state index in [9.17, 15) is 14.0 Å². The maximum absolute atomic E-state index is 12.8. The molecule has 0 radical (unpaired) electrons. The Balaban J connectivity index is 2.75. The largest absolute Gasteiger partial charge is 0.481 e. The number of rotatable bonds is 4. The predicted octanol–water partition coefficient (Wildman–Crippen LogP) is 2.94. The van der Waals surface area contributed by atoms with Crippen molar-refractivity contribution in [3.63, 3.8) is 0 Å². The van der Waals surface area contributed by atoms with Crippen molar-refractivity contribution < 1.29 is 19.1 Å². The molecule has 1 amide bonds. The van der Waals surface area contributed by atoms with Crippen LogP contribution in [0.2, 0.25) is 10.0 Å². The molecule has 0 aliphatic carbocycles. The van der Waals surface area contributed by atoms with Crippen LogP contribution in [0.1, 0.15) is 12.8 Å². The van der Waals surface area contributed by atoms with E-state index in [0.29, 0.717) is 0 Å². The van der Waals surface area contributed by atoms with E-state index in [0.717, 1.165) is 12.1 Å². The highest BCUT2D eigenvalue weighted by atomic mass is 35.5. The van der Waals surface area contributed by atoms with E-state index in [2.05, 4.69) is 5.32 Å². The monoisotopic (exact) mass is 279 g/mol. The fourth-order valence-electron chi connectivity index (χ4n) is 1.08. The second-order valence-corrected chi connectivity index (χ2v) is 4.00. The Labute approximate surface area is 106 Å². The van der Waals surface area contributed by atoms with Gasteiger partial charge in [-0.1, -0.05) is 23.2 Å². The van der Waals surface area contributed by atoms with Crippen LogP contribution in [0.3, 0.4) is 0 Å². The fraction of sp³-hybridized carbons (Fsp3) is 0.200. The molecule has 0 saturated heterocycles. The number of nitrogens with one attached hydrogen (secondary N) is 1. The summed E-state index contributed by atoms with van der Waals surface area (Å²) < 4.78 is 12.8. The van der Waals surface area contributed by atoms with E-state index in [4.69, 9.17) is 28.3 Å². The summed E-state index contributed by atoms with van der Waals surface area (Å²) in [6.07, 6.45) is -0.512. The molecule has 92 valence electrons. The molecule has 0 aliphatic rings. The number of halogens is 3. The van der Waals surface area contributed by atoms with Crippen molar-refractivity contribution >= 4 is 40.8 Å². The highest BCUT2D eigenvalue weighted by Crippen LogP contribution is 2.31. The van der Waals surface area contributed by atoms with Gasteiger partial charge in [0.15, 0.2) is 0 Å². The maximum Gasteiger partial charge on any atom is 0.303 e. The van der Waals surface area contributed by atoms with Crippen LogP contribution in [0.15, 0.2) is 12.1 Å². The lowest BCUT2D eigenvalue weighted by atomic mass is 10.2. The zero-order chi connectivity index (χ0) is 13.0. The van der Waals surface area contributed by atoms with Gasteiger partial charge in [0, 0.05) is 6.42 Å². The summed E-state index contributed by atoms with van der Waals surface area (Å²) in [5.41, 5.74) is 0.0742. The molecule has 0 fully saturated rings. The zero-order valence-electron chi connectivity index (χ0n) is 8.47. The Morgan fingerprint density at radius 2 is 1.76 bits per heavy atom. The lowest BCUT2D eigenvalue weighted by molar-refractivity contribution is -0.138. The summed E-state index contributed by atoms with van der Waals surface area (Å²) >= 11 is 11.4. The third kappa shape index (κ3) is 4.20. The molecule has 0 spiro atoms. The minimum atomic E-state index is -1.09. The van der Waals surface area contributed by atoms with Crippen LogP contribution in [0.5, 0.6) is 0 Å². The number of benzene rings is 1. The third-order valence-electron chi connectivity index (χ3n) is 1.84. The Bertz CT molecular complexity index is 442. The molecular weight excluding hydrogens is 272 g/mol. The highest BCUT2D eigenvalue weighted by molar-refractivity contribution is 6.39. The first-order valence-electron chi connectivity index (χ1n) is 4.56. The molecule has 7 heteroatoms. The second kappa shape index (κ2) is 5.84. The molecule has 0 atom stereocenters. The molecule has 0 heterocycles. The van der Waals surface area contributed by atoms with Gasteiger partial charge in [-0.3, -0.25) is 9.59 Å². The van der Waals surface area contributed by atoms with E-state index < -0.39 is 17.7 Å². The van der Waals surface area contributed by atoms with Crippen molar-refractivity contribution in [2.75, 3.05) is 5.32 Å². The van der Waals surface area contributed by atoms with Gasteiger partial charge in [0.2, 0.25) is 5.91 Å². The van der Waals surface area contributed by atoms with Gasteiger partial charge in [0.1, 0.15) is 5.82 Å². The number of hydrogen-bond donors (Lipinski definition) is 2. The van der Waals surface area contributed by atoms with Crippen molar-refractivity contribution in [1.29, 1.82) is 0 Å². The van der Waals surface area contributed by atoms with E-state index >= 15 is 0 Å². The van der Waals surface area contributed by atoms with Gasteiger partial charge in [-0.05, 0) is 12.1 Å². The number of carboxylic acid groups (broad SMARTS) is 1. The molecule has 2 N–H and O–H groups in total. The molecule has 0 bridgehead atoms. The molecule has 0 aromatic heterocycles. The summed E-state index contributed by atoms with van der Waals surface area (Å²) in [7, 11) is 0. The van der Waals surface area contributed by atoms with Crippen LogP contribution in [-0.4, -0.2) is 17.0 Å². The minimum Gasteiger partial charge on any atom is -0.481 e. The molecule has 0 unspecified atom stereocenters. The van der Waals surface area contributed by atoms with Crippen molar-refractivity contribution in [1.82, 2.24) is 0 Å². The first-order valence-corrected chi connectivity index (χ1v) is 5.32. The second-order valence-electron chi connectivity index (χ2n) is 3.19. The van der Waals surface area contributed by atoms with Crippen LogP contribution in [0.25, 0.3) is 0 Å². The average molecular weight is 280 g/mol. The Morgan fingerprint density at radius 3 is 2.24 bits per heavy atom. The van der Waals surface area contributed by atoms with Crippen LogP contribution in [0, 0.1) is 5.82 Å². The number of carbonyl (C=O) groups excluding carboxylic acids is 1. The Morgan fingerprint density at radius 1 is 1.24 bits per heavy atom. The number of carboxylic acids is 1. The first-order chi connectivity index (χ1) is 7.90. The van der Waals surface area contributed by atoms with Crippen LogP contribution < -0.4 is 5.32 Å².